The van der Waals surface area contributed by atoms with E-state index < -0.39 is 101 Å². The van der Waals surface area contributed by atoms with Gasteiger partial charge in [0, 0.05) is 43.7 Å². The van der Waals surface area contributed by atoms with Crippen LogP contribution < -0.4 is 0 Å². The van der Waals surface area contributed by atoms with E-state index in [0.717, 1.165) is 65.8 Å². The number of benzene rings is 9. The van der Waals surface area contributed by atoms with Gasteiger partial charge in [-0.2, -0.15) is 0 Å². The van der Waals surface area contributed by atoms with Crippen molar-refractivity contribution in [2.75, 3.05) is 0 Å². The van der Waals surface area contributed by atoms with Crippen molar-refractivity contribution < 1.29 is 17.8 Å². The largest absolute Gasteiger partial charge is 0.309 e. The Bertz CT molecular complexity index is 4190. The third kappa shape index (κ3) is 4.79. The molecule has 0 bridgehead atoms. The molecule has 0 saturated heterocycles. The molecule has 9 aromatic carbocycles. The Labute approximate surface area is 347 Å². The number of hydrogen-bond donors (Lipinski definition) is 0. The van der Waals surface area contributed by atoms with Gasteiger partial charge in [0.2, 0.25) is 0 Å². The van der Waals surface area contributed by atoms with Crippen LogP contribution in [0.5, 0.6) is 0 Å². The summed E-state index contributed by atoms with van der Waals surface area (Å²) in [5.41, 5.74) is 4.77. The normalized spacial score (nSPS) is 15.1. The summed E-state index contributed by atoms with van der Waals surface area (Å²) in [6.45, 7) is 0. The second kappa shape index (κ2) is 12.5. The zero-order valence-electron chi connectivity index (χ0n) is 43.0. The lowest BCUT2D eigenvalue weighted by molar-refractivity contribution is 1.16. The molecular formula is C54H35N3. The van der Waals surface area contributed by atoms with Crippen LogP contribution >= 0.6 is 0 Å². The van der Waals surface area contributed by atoms with Crippen molar-refractivity contribution in [2.24, 2.45) is 0 Å². The van der Waals surface area contributed by atoms with Crippen LogP contribution in [0.15, 0.2) is 212 Å². The van der Waals surface area contributed by atoms with Crippen molar-refractivity contribution in [3.63, 3.8) is 0 Å². The zero-order chi connectivity index (χ0) is 48.8. The highest BCUT2D eigenvalue weighted by Gasteiger charge is 2.21. The van der Waals surface area contributed by atoms with Gasteiger partial charge >= 0.3 is 0 Å². The molecule has 12 rings (SSSR count). The van der Waals surface area contributed by atoms with Crippen molar-refractivity contribution >= 4 is 65.4 Å². The minimum absolute atomic E-state index is 0.123. The van der Waals surface area contributed by atoms with Gasteiger partial charge in [-0.1, -0.05) is 151 Å². The second-order valence-corrected chi connectivity index (χ2v) is 13.9. The molecule has 0 atom stereocenters. The topological polar surface area (TPSA) is 14.8 Å². The number of para-hydroxylation sites is 4. The molecule has 0 aliphatic carbocycles. The fourth-order valence-electron chi connectivity index (χ4n) is 8.49. The van der Waals surface area contributed by atoms with E-state index in [1.54, 1.807) is 4.57 Å². The third-order valence-corrected chi connectivity index (χ3v) is 10.9. The summed E-state index contributed by atoms with van der Waals surface area (Å²) < 4.78 is 122. The minimum Gasteiger partial charge on any atom is -0.309 e. The fraction of sp³-hybridized carbons (Fsp3) is 0. The maximum Gasteiger partial charge on any atom is 0.0651 e. The van der Waals surface area contributed by atoms with Crippen molar-refractivity contribution in [3.05, 3.63) is 212 Å². The molecule has 3 heterocycles. The molecule has 0 fully saturated rings. The Balaban J connectivity index is 1.13. The van der Waals surface area contributed by atoms with E-state index in [-0.39, 0.29) is 5.69 Å². The molecule has 266 valence electrons. The molecule has 0 amide bonds. The summed E-state index contributed by atoms with van der Waals surface area (Å²) in [5.74, 6) is 0. The quantitative estimate of drug-likeness (QED) is 0.167. The first-order valence-electron chi connectivity index (χ1n) is 25.1. The summed E-state index contributed by atoms with van der Waals surface area (Å²) in [4.78, 5) is 0. The first-order valence-corrected chi connectivity index (χ1v) is 18.6. The molecule has 0 saturated carbocycles. The number of rotatable bonds is 5. The van der Waals surface area contributed by atoms with E-state index in [1.165, 1.54) is 0 Å². The van der Waals surface area contributed by atoms with Crippen LogP contribution in [-0.2, 0) is 0 Å². The van der Waals surface area contributed by atoms with E-state index in [2.05, 4.69) is 63.7 Å². The first-order chi connectivity index (χ1) is 33.7. The molecule has 57 heavy (non-hydrogen) atoms. The monoisotopic (exact) mass is 738 g/mol. The van der Waals surface area contributed by atoms with Gasteiger partial charge in [-0.3, -0.25) is 0 Å². The average molecular weight is 739 g/mol. The van der Waals surface area contributed by atoms with Gasteiger partial charge in [0.15, 0.2) is 0 Å². The van der Waals surface area contributed by atoms with Gasteiger partial charge in [0.1, 0.15) is 0 Å². The van der Waals surface area contributed by atoms with Gasteiger partial charge in [-0.15, -0.1) is 0 Å². The maximum absolute atomic E-state index is 9.83. The van der Waals surface area contributed by atoms with Crippen LogP contribution in [0.4, 0.5) is 0 Å². The molecule has 0 N–H and O–H groups in total. The van der Waals surface area contributed by atoms with Gasteiger partial charge in [-0.25, -0.2) is 0 Å². The molecule has 3 nitrogen and oxygen atoms in total. The Morgan fingerprint density at radius 1 is 0.316 bits per heavy atom. The molecule has 0 aliphatic rings. The standard InChI is InChI=1S/C54H35N3/c1-2-14-36(15-3-1)37-28-30-38(31-29-37)39-16-12-17-40(34-39)56-50-25-11-7-21-46(50)54-51(56)26-13-27-52(54)57-49-24-10-6-20-44(49)45-33-32-41(35-53(45)57)55-47-22-8-4-18-42(47)43-19-5-9-23-48(43)55/h1-35H/i1D,2D,3D,12D,14D,15D,16D,17D,28D,29D,30D,31D,34D. The molecule has 0 unspecified atom stereocenters. The van der Waals surface area contributed by atoms with Crippen molar-refractivity contribution in [2.45, 2.75) is 0 Å². The molecular weight excluding hydrogens is 691 g/mol. The average Bonchev–Trinajstić information content (AvgIpc) is 4.01. The molecule has 3 aromatic heterocycles. The fourth-order valence-corrected chi connectivity index (χ4v) is 8.49. The Kier molecular flexibility index (Phi) is 4.69. The van der Waals surface area contributed by atoms with Gasteiger partial charge in [-0.05, 0) is 82.9 Å². The summed E-state index contributed by atoms with van der Waals surface area (Å²) in [6.07, 6.45) is 0. The number of nitrogens with zero attached hydrogens (tertiary/aromatic N) is 3. The van der Waals surface area contributed by atoms with Crippen molar-refractivity contribution in [3.8, 4) is 39.3 Å². The molecule has 0 spiro atoms. The Morgan fingerprint density at radius 2 is 0.807 bits per heavy atom. The first kappa shape index (κ1) is 21.5. The summed E-state index contributed by atoms with van der Waals surface area (Å²) in [7, 11) is 0. The van der Waals surface area contributed by atoms with Crippen molar-refractivity contribution in [1.82, 2.24) is 13.7 Å². The lowest BCUT2D eigenvalue weighted by atomic mass is 10.00. The van der Waals surface area contributed by atoms with Gasteiger partial charge < -0.3 is 13.7 Å². The van der Waals surface area contributed by atoms with Crippen LogP contribution in [0.3, 0.4) is 0 Å². The van der Waals surface area contributed by atoms with Gasteiger partial charge in [0.05, 0.1) is 56.6 Å². The number of hydrogen-bond acceptors (Lipinski definition) is 0. The van der Waals surface area contributed by atoms with E-state index >= 15 is 0 Å². The Morgan fingerprint density at radius 3 is 1.47 bits per heavy atom. The van der Waals surface area contributed by atoms with Crippen LogP contribution in [0.25, 0.3) is 105 Å². The molecule has 0 radical (unpaired) electrons. The van der Waals surface area contributed by atoms with Crippen LogP contribution in [0.2, 0.25) is 0 Å². The minimum atomic E-state index is -0.759. The molecule has 12 aromatic rings. The van der Waals surface area contributed by atoms with Crippen LogP contribution in [-0.4, -0.2) is 13.7 Å². The highest BCUT2D eigenvalue weighted by atomic mass is 15.0. The maximum atomic E-state index is 9.83. The highest BCUT2D eigenvalue weighted by Crippen LogP contribution is 2.41. The predicted octanol–water partition coefficient (Wildman–Crippen LogP) is 14.3. The lowest BCUT2D eigenvalue weighted by Crippen LogP contribution is -1.98. The van der Waals surface area contributed by atoms with E-state index in [9.17, 15) is 5.48 Å². The summed E-state index contributed by atoms with van der Waals surface area (Å²) in [6, 6.07) is 35.8. The zero-order valence-corrected chi connectivity index (χ0v) is 30.0. The molecule has 3 heteroatoms. The lowest BCUT2D eigenvalue weighted by Gasteiger charge is -2.13. The highest BCUT2D eigenvalue weighted by molar-refractivity contribution is 6.17. The van der Waals surface area contributed by atoms with Crippen LogP contribution in [0, 0.1) is 0 Å². The molecule has 0 aliphatic heterocycles. The van der Waals surface area contributed by atoms with Crippen LogP contribution in [0.1, 0.15) is 17.8 Å². The number of fused-ring (bicyclic) bond motifs is 9. The Hall–Kier alpha value is -7.62. The SMILES string of the molecule is [2H]c1c([2H])c([2H])c(-c2c([2H])c([2H])c(-c3c([2H])c([2H])c([2H])c(-n4c5ccccc5c5c(-n6c7ccccc7c7ccc(-n8c9ccccc9c9ccccc98)cc76)cccc54)c3[2H])c([2H])c2[2H])c([2H])c1[2H]. The van der Waals surface area contributed by atoms with E-state index in [0.29, 0.717) is 11.0 Å². The second-order valence-electron chi connectivity index (χ2n) is 13.9. The van der Waals surface area contributed by atoms with Crippen molar-refractivity contribution in [1.29, 1.82) is 0 Å². The predicted molar refractivity (Wildman–Crippen MR) is 240 cm³/mol. The van der Waals surface area contributed by atoms with E-state index in [1.807, 2.05) is 78.9 Å². The summed E-state index contributed by atoms with van der Waals surface area (Å²) in [5, 5.41) is 5.85. The number of aromatic nitrogens is 3. The van der Waals surface area contributed by atoms with E-state index in [4.69, 9.17) is 12.3 Å². The summed E-state index contributed by atoms with van der Waals surface area (Å²) >= 11 is 0. The smallest absolute Gasteiger partial charge is 0.0651 e. The van der Waals surface area contributed by atoms with Gasteiger partial charge in [0.25, 0.3) is 0 Å². The third-order valence-electron chi connectivity index (χ3n) is 10.9.